The number of halogens is 1. The Balaban J connectivity index is 1.30. The molecule has 0 radical (unpaired) electrons. The van der Waals surface area contributed by atoms with E-state index in [1.807, 2.05) is 36.4 Å². The van der Waals surface area contributed by atoms with Crippen molar-refractivity contribution in [1.29, 1.82) is 0 Å². The molecule has 0 atom stereocenters. The SMILES string of the molecule is C=C(CO)C(=O)OCCCc1ccc(-c2ccc(-c3ccc(C4CCC(CCCCC)CC4)cc3)cc2F)cc1. The standard InChI is InChI=1S/C36H43FO3/c1-3-4-5-7-27-9-13-29(14-10-27)30-17-19-31(20-18-30)33-21-22-34(35(37)24-33)32-15-11-28(12-16-32)8-6-23-40-36(39)26(2)25-38/h11-12,15-22,24,27,29,38H,2-10,13-14,23,25H2,1H3. The molecular formula is C36H43FO3. The molecule has 1 saturated carbocycles. The second kappa shape index (κ2) is 14.9. The van der Waals surface area contributed by atoms with Crippen molar-refractivity contribution in [2.45, 2.75) is 77.0 Å². The summed E-state index contributed by atoms with van der Waals surface area (Å²) in [7, 11) is 0. The van der Waals surface area contributed by atoms with Crippen LogP contribution in [0.15, 0.2) is 78.9 Å². The van der Waals surface area contributed by atoms with E-state index >= 15 is 4.39 Å². The molecule has 0 aliphatic heterocycles. The molecule has 0 saturated heterocycles. The summed E-state index contributed by atoms with van der Waals surface area (Å²) in [4.78, 5) is 11.5. The first-order valence-electron chi connectivity index (χ1n) is 14.9. The highest BCUT2D eigenvalue weighted by molar-refractivity contribution is 5.87. The van der Waals surface area contributed by atoms with Crippen LogP contribution in [0.1, 0.15) is 81.8 Å². The molecule has 0 bridgehead atoms. The number of ether oxygens (including phenoxy) is 1. The third kappa shape index (κ3) is 8.14. The lowest BCUT2D eigenvalue weighted by Crippen LogP contribution is -2.13. The summed E-state index contributed by atoms with van der Waals surface area (Å²) in [6.07, 6.45) is 12.1. The highest BCUT2D eigenvalue weighted by Crippen LogP contribution is 2.38. The van der Waals surface area contributed by atoms with Gasteiger partial charge in [0, 0.05) is 5.56 Å². The third-order valence-electron chi connectivity index (χ3n) is 8.33. The van der Waals surface area contributed by atoms with Crippen LogP contribution in [0.3, 0.4) is 0 Å². The van der Waals surface area contributed by atoms with E-state index in [0.29, 0.717) is 17.9 Å². The van der Waals surface area contributed by atoms with E-state index in [4.69, 9.17) is 9.84 Å². The zero-order chi connectivity index (χ0) is 28.3. The molecule has 3 aromatic rings. The van der Waals surface area contributed by atoms with Crippen LogP contribution >= 0.6 is 0 Å². The lowest BCUT2D eigenvalue weighted by Gasteiger charge is -2.29. The molecule has 3 aromatic carbocycles. The Morgan fingerprint density at radius 3 is 2.23 bits per heavy atom. The van der Waals surface area contributed by atoms with E-state index in [0.717, 1.165) is 34.6 Å². The van der Waals surface area contributed by atoms with E-state index < -0.39 is 12.6 Å². The van der Waals surface area contributed by atoms with Crippen molar-refractivity contribution in [3.8, 4) is 22.3 Å². The van der Waals surface area contributed by atoms with E-state index in [1.54, 1.807) is 6.07 Å². The van der Waals surface area contributed by atoms with Crippen molar-refractivity contribution >= 4 is 5.97 Å². The molecule has 4 heteroatoms. The van der Waals surface area contributed by atoms with Gasteiger partial charge in [0.15, 0.2) is 0 Å². The molecule has 0 amide bonds. The molecule has 40 heavy (non-hydrogen) atoms. The van der Waals surface area contributed by atoms with Crippen LogP contribution in [0, 0.1) is 11.7 Å². The van der Waals surface area contributed by atoms with Gasteiger partial charge < -0.3 is 9.84 Å². The second-order valence-electron chi connectivity index (χ2n) is 11.2. The van der Waals surface area contributed by atoms with E-state index in [1.165, 1.54) is 56.9 Å². The van der Waals surface area contributed by atoms with E-state index in [2.05, 4.69) is 37.8 Å². The summed E-state index contributed by atoms with van der Waals surface area (Å²) in [5, 5.41) is 8.91. The second-order valence-corrected chi connectivity index (χ2v) is 11.2. The zero-order valence-corrected chi connectivity index (χ0v) is 23.8. The lowest BCUT2D eigenvalue weighted by molar-refractivity contribution is -0.139. The van der Waals surface area contributed by atoms with Gasteiger partial charge in [-0.25, -0.2) is 9.18 Å². The number of aryl methyl sites for hydroxylation is 1. The van der Waals surface area contributed by atoms with Gasteiger partial charge in [-0.05, 0) is 84.2 Å². The number of benzene rings is 3. The Morgan fingerprint density at radius 1 is 0.900 bits per heavy atom. The number of aliphatic hydroxyl groups excluding tert-OH is 1. The predicted octanol–water partition coefficient (Wildman–Crippen LogP) is 9.04. The number of rotatable bonds is 13. The molecule has 1 aliphatic rings. The third-order valence-corrected chi connectivity index (χ3v) is 8.33. The van der Waals surface area contributed by atoms with Crippen LogP contribution in [0.2, 0.25) is 0 Å². The summed E-state index contributed by atoms with van der Waals surface area (Å²) in [5.74, 6) is 0.769. The minimum atomic E-state index is -0.567. The molecule has 0 heterocycles. The first kappa shape index (κ1) is 29.7. The van der Waals surface area contributed by atoms with Crippen molar-refractivity contribution < 1.29 is 19.0 Å². The summed E-state index contributed by atoms with van der Waals surface area (Å²) in [5.41, 5.74) is 5.91. The molecule has 1 fully saturated rings. The van der Waals surface area contributed by atoms with Crippen molar-refractivity contribution in [2.75, 3.05) is 13.2 Å². The van der Waals surface area contributed by atoms with Gasteiger partial charge in [-0.15, -0.1) is 0 Å². The topological polar surface area (TPSA) is 46.5 Å². The fraction of sp³-hybridized carbons (Fsp3) is 0.417. The monoisotopic (exact) mass is 542 g/mol. The average molecular weight is 543 g/mol. The Kier molecular flexibility index (Phi) is 11.1. The number of unbranched alkanes of at least 4 members (excludes halogenated alkanes) is 2. The van der Waals surface area contributed by atoms with Crippen molar-refractivity contribution in [3.05, 3.63) is 95.8 Å². The van der Waals surface area contributed by atoms with Crippen LogP contribution < -0.4 is 0 Å². The smallest absolute Gasteiger partial charge is 0.335 e. The van der Waals surface area contributed by atoms with Gasteiger partial charge in [-0.1, -0.05) is 99.8 Å². The van der Waals surface area contributed by atoms with Crippen molar-refractivity contribution in [2.24, 2.45) is 5.92 Å². The van der Waals surface area contributed by atoms with E-state index in [-0.39, 0.29) is 18.0 Å². The maximum atomic E-state index is 15.2. The number of carbonyl (C=O) groups is 1. The Labute approximate surface area is 239 Å². The van der Waals surface area contributed by atoms with Crippen LogP contribution in [0.5, 0.6) is 0 Å². The Bertz CT molecular complexity index is 1240. The van der Waals surface area contributed by atoms with Gasteiger partial charge in [-0.2, -0.15) is 0 Å². The number of carbonyl (C=O) groups excluding carboxylic acids is 1. The molecule has 212 valence electrons. The number of hydrogen-bond donors (Lipinski definition) is 1. The summed E-state index contributed by atoms with van der Waals surface area (Å²) in [6, 6.07) is 22.1. The highest BCUT2D eigenvalue weighted by atomic mass is 19.1. The largest absolute Gasteiger partial charge is 0.462 e. The molecule has 1 aliphatic carbocycles. The molecule has 3 nitrogen and oxygen atoms in total. The lowest BCUT2D eigenvalue weighted by atomic mass is 9.77. The number of esters is 1. The summed E-state index contributed by atoms with van der Waals surface area (Å²) >= 11 is 0. The number of aliphatic hydroxyl groups is 1. The number of hydrogen-bond acceptors (Lipinski definition) is 3. The summed E-state index contributed by atoms with van der Waals surface area (Å²) in [6.45, 7) is 5.59. The van der Waals surface area contributed by atoms with Crippen molar-refractivity contribution in [3.63, 3.8) is 0 Å². The quantitative estimate of drug-likeness (QED) is 0.133. The molecule has 0 spiro atoms. The molecule has 0 unspecified atom stereocenters. The maximum Gasteiger partial charge on any atom is 0.335 e. The normalized spacial score (nSPS) is 17.0. The fourth-order valence-electron chi connectivity index (χ4n) is 5.80. The first-order valence-corrected chi connectivity index (χ1v) is 14.9. The Morgan fingerprint density at radius 2 is 1.57 bits per heavy atom. The van der Waals surface area contributed by atoms with Gasteiger partial charge >= 0.3 is 5.97 Å². The van der Waals surface area contributed by atoms with Gasteiger partial charge in [0.1, 0.15) is 5.82 Å². The molecule has 0 aromatic heterocycles. The molecule has 1 N–H and O–H groups in total. The Hall–Kier alpha value is -3.24. The predicted molar refractivity (Wildman–Crippen MR) is 162 cm³/mol. The average Bonchev–Trinajstić information content (AvgIpc) is 2.99. The minimum absolute atomic E-state index is 0.0555. The molecular weight excluding hydrogens is 499 g/mol. The van der Waals surface area contributed by atoms with Gasteiger partial charge in [0.2, 0.25) is 0 Å². The first-order chi connectivity index (χ1) is 19.5. The minimum Gasteiger partial charge on any atom is -0.462 e. The maximum absolute atomic E-state index is 15.2. The van der Waals surface area contributed by atoms with Gasteiger partial charge in [0.25, 0.3) is 0 Å². The van der Waals surface area contributed by atoms with Crippen LogP contribution in [-0.4, -0.2) is 24.3 Å². The van der Waals surface area contributed by atoms with Crippen LogP contribution in [0.4, 0.5) is 4.39 Å². The highest BCUT2D eigenvalue weighted by Gasteiger charge is 2.22. The summed E-state index contributed by atoms with van der Waals surface area (Å²) < 4.78 is 20.3. The fourth-order valence-corrected chi connectivity index (χ4v) is 5.80. The zero-order valence-electron chi connectivity index (χ0n) is 23.8. The van der Waals surface area contributed by atoms with Crippen molar-refractivity contribution in [1.82, 2.24) is 0 Å². The van der Waals surface area contributed by atoms with Crippen LogP contribution in [-0.2, 0) is 16.0 Å². The van der Waals surface area contributed by atoms with Crippen LogP contribution in [0.25, 0.3) is 22.3 Å². The van der Waals surface area contributed by atoms with Gasteiger partial charge in [0.05, 0.1) is 18.8 Å². The van der Waals surface area contributed by atoms with Gasteiger partial charge in [-0.3, -0.25) is 0 Å². The van der Waals surface area contributed by atoms with E-state index in [9.17, 15) is 4.79 Å². The molecule has 4 rings (SSSR count).